The van der Waals surface area contributed by atoms with Crippen LogP contribution in [-0.4, -0.2) is 27.0 Å². The standard InChI is InChI=1S/C9H10ClN3O4/c1-17-7(14)6-3-2-4-12-8(15)11(5-10)9(16)13(6)12/h2-3,6H,4-5H2,1H3. The van der Waals surface area contributed by atoms with Crippen molar-refractivity contribution in [3.8, 4) is 0 Å². The molecular formula is C9H10ClN3O4. The van der Waals surface area contributed by atoms with E-state index in [1.807, 2.05) is 0 Å². The van der Waals surface area contributed by atoms with Crippen LogP contribution in [0.15, 0.2) is 21.7 Å². The second kappa shape index (κ2) is 4.25. The number of methoxy groups -OCH3 is 1. The number of allylic oxidation sites excluding steroid dienone is 1. The fourth-order valence-electron chi connectivity index (χ4n) is 1.75. The molecular weight excluding hydrogens is 250 g/mol. The molecule has 0 saturated carbocycles. The number of carbonyl (C=O) groups is 1. The van der Waals surface area contributed by atoms with Crippen LogP contribution in [0.5, 0.6) is 0 Å². The van der Waals surface area contributed by atoms with Crippen molar-refractivity contribution in [1.82, 2.24) is 13.9 Å². The van der Waals surface area contributed by atoms with E-state index in [0.717, 1.165) is 13.9 Å². The van der Waals surface area contributed by atoms with E-state index in [9.17, 15) is 14.4 Å². The first kappa shape index (κ1) is 11.7. The van der Waals surface area contributed by atoms with Gasteiger partial charge in [0.1, 0.15) is 6.00 Å². The van der Waals surface area contributed by atoms with Gasteiger partial charge in [-0.05, 0) is 0 Å². The Balaban J connectivity index is 2.66. The Morgan fingerprint density at radius 1 is 1.53 bits per heavy atom. The van der Waals surface area contributed by atoms with Gasteiger partial charge in [0.15, 0.2) is 6.04 Å². The molecule has 8 heteroatoms. The Kier molecular flexibility index (Phi) is 2.93. The fourth-order valence-corrected chi connectivity index (χ4v) is 1.95. The molecule has 92 valence electrons. The van der Waals surface area contributed by atoms with Gasteiger partial charge in [0, 0.05) is 0 Å². The largest absolute Gasteiger partial charge is 0.467 e. The molecule has 1 aromatic heterocycles. The first-order valence-electron chi connectivity index (χ1n) is 4.84. The van der Waals surface area contributed by atoms with Crippen molar-refractivity contribution in [2.24, 2.45) is 0 Å². The second-order valence-electron chi connectivity index (χ2n) is 3.44. The van der Waals surface area contributed by atoms with Gasteiger partial charge in [-0.15, -0.1) is 11.6 Å². The third kappa shape index (κ3) is 1.62. The van der Waals surface area contributed by atoms with Gasteiger partial charge in [-0.3, -0.25) is 0 Å². The van der Waals surface area contributed by atoms with E-state index in [1.165, 1.54) is 13.2 Å². The van der Waals surface area contributed by atoms with E-state index in [1.54, 1.807) is 6.08 Å². The lowest BCUT2D eigenvalue weighted by molar-refractivity contribution is -0.143. The van der Waals surface area contributed by atoms with Crippen LogP contribution in [0.3, 0.4) is 0 Å². The molecule has 1 aromatic rings. The molecule has 1 unspecified atom stereocenters. The zero-order chi connectivity index (χ0) is 12.6. The summed E-state index contributed by atoms with van der Waals surface area (Å²) in [4.78, 5) is 35.1. The van der Waals surface area contributed by atoms with Crippen LogP contribution in [-0.2, 0) is 22.1 Å². The number of esters is 1. The first-order chi connectivity index (χ1) is 8.11. The molecule has 0 bridgehead atoms. The highest BCUT2D eigenvalue weighted by molar-refractivity contribution is 6.15. The summed E-state index contributed by atoms with van der Waals surface area (Å²) in [7, 11) is 1.22. The number of aromatic nitrogens is 3. The lowest BCUT2D eigenvalue weighted by atomic mass is 10.2. The summed E-state index contributed by atoms with van der Waals surface area (Å²) < 4.78 is 7.64. The van der Waals surface area contributed by atoms with Crippen LogP contribution in [0.4, 0.5) is 0 Å². The van der Waals surface area contributed by atoms with E-state index in [2.05, 4.69) is 4.74 Å². The van der Waals surface area contributed by atoms with Gasteiger partial charge in [-0.1, -0.05) is 12.2 Å². The van der Waals surface area contributed by atoms with Gasteiger partial charge in [0.05, 0.1) is 13.7 Å². The van der Waals surface area contributed by atoms with Crippen molar-refractivity contribution in [2.75, 3.05) is 7.11 Å². The highest BCUT2D eigenvalue weighted by atomic mass is 35.5. The van der Waals surface area contributed by atoms with Crippen molar-refractivity contribution in [2.45, 2.75) is 18.6 Å². The number of alkyl halides is 1. The highest BCUT2D eigenvalue weighted by Crippen LogP contribution is 2.11. The fraction of sp³-hybridized carbons (Fsp3) is 0.444. The van der Waals surface area contributed by atoms with Crippen molar-refractivity contribution in [3.05, 3.63) is 33.1 Å². The summed E-state index contributed by atoms with van der Waals surface area (Å²) in [5.41, 5.74) is -1.16. The third-order valence-corrected chi connectivity index (χ3v) is 2.80. The van der Waals surface area contributed by atoms with Crippen LogP contribution in [0.2, 0.25) is 0 Å². The number of fused-ring (bicyclic) bond motifs is 1. The Morgan fingerprint density at radius 3 is 2.82 bits per heavy atom. The second-order valence-corrected chi connectivity index (χ2v) is 3.67. The van der Waals surface area contributed by atoms with Crippen LogP contribution in [0, 0.1) is 0 Å². The molecule has 0 aromatic carbocycles. The van der Waals surface area contributed by atoms with Crippen molar-refractivity contribution in [3.63, 3.8) is 0 Å². The molecule has 0 amide bonds. The molecule has 2 heterocycles. The molecule has 0 radical (unpaired) electrons. The Morgan fingerprint density at radius 2 is 2.24 bits per heavy atom. The lowest BCUT2D eigenvalue weighted by Crippen LogP contribution is -2.36. The summed E-state index contributed by atoms with van der Waals surface area (Å²) in [6, 6.07) is -1.17. The third-order valence-electron chi connectivity index (χ3n) is 2.56. The number of ether oxygens (including phenoxy) is 1. The van der Waals surface area contributed by atoms with Gasteiger partial charge in [0.2, 0.25) is 0 Å². The van der Waals surface area contributed by atoms with E-state index < -0.39 is 23.4 Å². The number of carbonyl (C=O) groups excluding carboxylic acids is 1. The molecule has 17 heavy (non-hydrogen) atoms. The molecule has 7 nitrogen and oxygen atoms in total. The zero-order valence-electron chi connectivity index (χ0n) is 9.00. The maximum Gasteiger partial charge on any atom is 0.349 e. The molecule has 0 saturated heterocycles. The normalized spacial score (nSPS) is 17.9. The molecule has 0 aliphatic carbocycles. The number of nitrogens with zero attached hydrogens (tertiary/aromatic N) is 3. The lowest BCUT2D eigenvalue weighted by Gasteiger charge is -2.18. The Bertz CT molecular complexity index is 594. The maximum absolute atomic E-state index is 11.9. The van der Waals surface area contributed by atoms with Gasteiger partial charge in [-0.25, -0.2) is 28.3 Å². The number of hydrogen-bond acceptors (Lipinski definition) is 4. The molecule has 1 aliphatic heterocycles. The minimum Gasteiger partial charge on any atom is -0.467 e. The summed E-state index contributed by atoms with van der Waals surface area (Å²) >= 11 is 5.52. The van der Waals surface area contributed by atoms with Gasteiger partial charge >= 0.3 is 17.3 Å². The average molecular weight is 260 g/mol. The summed E-state index contributed by atoms with van der Waals surface area (Å²) in [5.74, 6) is -0.608. The van der Waals surface area contributed by atoms with E-state index in [0.29, 0.717) is 0 Å². The van der Waals surface area contributed by atoms with Crippen molar-refractivity contribution >= 4 is 17.6 Å². The first-order valence-corrected chi connectivity index (χ1v) is 5.38. The number of halogens is 1. The Hall–Kier alpha value is -1.76. The maximum atomic E-state index is 11.9. The summed E-state index contributed by atoms with van der Waals surface area (Å²) in [6.07, 6.45) is 3.15. The SMILES string of the molecule is COC(=O)C1C=CCn2c(=O)n(CCl)c(=O)n21. The van der Waals surface area contributed by atoms with Crippen LogP contribution >= 0.6 is 11.6 Å². The summed E-state index contributed by atoms with van der Waals surface area (Å²) in [6.45, 7) is 0.228. The van der Waals surface area contributed by atoms with E-state index in [4.69, 9.17) is 11.6 Å². The highest BCUT2D eigenvalue weighted by Gasteiger charge is 2.28. The minimum absolute atomic E-state index is 0.228. The number of rotatable bonds is 2. The van der Waals surface area contributed by atoms with Gasteiger partial charge < -0.3 is 4.74 Å². The molecule has 1 aliphatic rings. The van der Waals surface area contributed by atoms with Gasteiger partial charge in [-0.2, -0.15) is 0 Å². The van der Waals surface area contributed by atoms with Crippen molar-refractivity contribution in [1.29, 1.82) is 0 Å². The smallest absolute Gasteiger partial charge is 0.349 e. The minimum atomic E-state index is -0.918. The monoisotopic (exact) mass is 259 g/mol. The van der Waals surface area contributed by atoms with Crippen molar-refractivity contribution < 1.29 is 9.53 Å². The van der Waals surface area contributed by atoms with Crippen LogP contribution in [0.1, 0.15) is 6.04 Å². The molecule has 0 spiro atoms. The van der Waals surface area contributed by atoms with E-state index in [-0.39, 0.29) is 12.5 Å². The van der Waals surface area contributed by atoms with E-state index >= 15 is 0 Å². The van der Waals surface area contributed by atoms with Crippen LogP contribution < -0.4 is 11.4 Å². The predicted molar refractivity (Wildman–Crippen MR) is 59.0 cm³/mol. The van der Waals surface area contributed by atoms with Crippen LogP contribution in [0.25, 0.3) is 0 Å². The predicted octanol–water partition coefficient (Wildman–Crippen LogP) is -0.708. The quantitative estimate of drug-likeness (QED) is 0.400. The summed E-state index contributed by atoms with van der Waals surface area (Å²) in [5, 5.41) is 0. The Labute approximate surface area is 100 Å². The molecule has 0 fully saturated rings. The average Bonchev–Trinajstić information content (AvgIpc) is 2.60. The molecule has 1 atom stereocenters. The molecule has 0 N–H and O–H groups in total. The topological polar surface area (TPSA) is 75.2 Å². The number of hydrogen-bond donors (Lipinski definition) is 0. The zero-order valence-corrected chi connectivity index (χ0v) is 9.75. The molecule has 2 rings (SSSR count). The van der Waals surface area contributed by atoms with Gasteiger partial charge in [0.25, 0.3) is 0 Å².